The molecule has 0 aromatic carbocycles. The summed E-state index contributed by atoms with van der Waals surface area (Å²) >= 11 is 0. The highest BCUT2D eigenvalue weighted by molar-refractivity contribution is 5.88. The predicted octanol–water partition coefficient (Wildman–Crippen LogP) is 4.67. The number of aliphatic carboxylic acids is 1. The van der Waals surface area contributed by atoms with E-state index in [0.717, 1.165) is 38.5 Å². The minimum absolute atomic E-state index is 0.0473. The summed E-state index contributed by atoms with van der Waals surface area (Å²) in [6.07, 6.45) is 13.4. The number of carbonyl (C=O) groups is 2. The molecule has 4 heteroatoms. The average Bonchev–Trinajstić information content (AvgIpc) is 2.93. The van der Waals surface area contributed by atoms with E-state index in [2.05, 4.69) is 13.8 Å². The fourth-order valence-electron chi connectivity index (χ4n) is 3.32. The van der Waals surface area contributed by atoms with Crippen LogP contribution in [0.25, 0.3) is 0 Å². The molecule has 0 fully saturated rings. The number of allylic oxidation sites excluding steroid dienone is 4. The zero-order valence-corrected chi connectivity index (χ0v) is 15.7. The van der Waals surface area contributed by atoms with Crippen LogP contribution in [0.15, 0.2) is 23.8 Å². The van der Waals surface area contributed by atoms with E-state index in [-0.39, 0.29) is 24.2 Å². The van der Waals surface area contributed by atoms with Gasteiger partial charge in [-0.3, -0.25) is 9.59 Å². The van der Waals surface area contributed by atoms with Gasteiger partial charge in [0.2, 0.25) is 0 Å². The summed E-state index contributed by atoms with van der Waals surface area (Å²) in [6, 6.07) is 0. The van der Waals surface area contributed by atoms with Crippen molar-refractivity contribution in [3.63, 3.8) is 0 Å². The molecule has 0 aromatic heterocycles. The Morgan fingerprint density at radius 1 is 1.32 bits per heavy atom. The maximum absolute atomic E-state index is 12.1. The van der Waals surface area contributed by atoms with Crippen molar-refractivity contribution in [2.75, 3.05) is 0 Å². The normalized spacial score (nSPS) is 20.0. The Morgan fingerprint density at radius 2 is 2.08 bits per heavy atom. The average molecular weight is 350 g/mol. The number of carboxylic acids is 1. The number of aliphatic hydroxyl groups excluding tert-OH is 1. The minimum atomic E-state index is -0.767. The fraction of sp³-hybridized carbons (Fsp3) is 0.714. The number of hydrogen-bond acceptors (Lipinski definition) is 3. The highest BCUT2D eigenvalue weighted by atomic mass is 16.4. The van der Waals surface area contributed by atoms with Gasteiger partial charge in [-0.1, -0.05) is 50.5 Å². The SMILES string of the molecule is CCCCC(C)[C@H](O)CCC1=CCC(=O)[C@@H]1C/C=C\CCCC(=O)O. The molecule has 0 saturated carbocycles. The molecule has 1 rings (SSSR count). The van der Waals surface area contributed by atoms with Gasteiger partial charge in [-0.2, -0.15) is 0 Å². The molecular formula is C21H34O4. The molecule has 0 radical (unpaired) electrons. The Labute approximate surface area is 152 Å². The number of unbranched alkanes of at least 4 members (excludes halogenated alkanes) is 2. The van der Waals surface area contributed by atoms with E-state index in [1.807, 2.05) is 18.2 Å². The van der Waals surface area contributed by atoms with E-state index in [1.165, 1.54) is 5.57 Å². The van der Waals surface area contributed by atoms with Gasteiger partial charge >= 0.3 is 5.97 Å². The summed E-state index contributed by atoms with van der Waals surface area (Å²) in [5, 5.41) is 18.9. The van der Waals surface area contributed by atoms with Crippen molar-refractivity contribution in [3.05, 3.63) is 23.8 Å². The first kappa shape index (κ1) is 21.6. The molecule has 4 nitrogen and oxygen atoms in total. The van der Waals surface area contributed by atoms with Crippen molar-refractivity contribution in [2.45, 2.75) is 84.2 Å². The van der Waals surface area contributed by atoms with E-state index < -0.39 is 5.97 Å². The second kappa shape index (κ2) is 12.0. The smallest absolute Gasteiger partial charge is 0.303 e. The largest absolute Gasteiger partial charge is 0.481 e. The monoisotopic (exact) mass is 350 g/mol. The van der Waals surface area contributed by atoms with Gasteiger partial charge < -0.3 is 10.2 Å². The van der Waals surface area contributed by atoms with Crippen LogP contribution in [-0.4, -0.2) is 28.1 Å². The third kappa shape index (κ3) is 8.48. The number of carboxylic acid groups (broad SMARTS) is 1. The molecule has 0 saturated heterocycles. The fourth-order valence-corrected chi connectivity index (χ4v) is 3.32. The molecule has 2 N–H and O–H groups in total. The summed E-state index contributed by atoms with van der Waals surface area (Å²) in [5.41, 5.74) is 1.17. The first-order valence-corrected chi connectivity index (χ1v) is 9.72. The summed E-state index contributed by atoms with van der Waals surface area (Å²) in [4.78, 5) is 22.6. The molecule has 142 valence electrons. The Bertz CT molecular complexity index is 478. The van der Waals surface area contributed by atoms with Crippen LogP contribution in [0.2, 0.25) is 0 Å². The second-order valence-electron chi connectivity index (χ2n) is 7.22. The first-order valence-electron chi connectivity index (χ1n) is 9.72. The van der Waals surface area contributed by atoms with Crippen molar-refractivity contribution < 1.29 is 19.8 Å². The second-order valence-corrected chi connectivity index (χ2v) is 7.22. The lowest BCUT2D eigenvalue weighted by Gasteiger charge is -2.20. The van der Waals surface area contributed by atoms with Crippen LogP contribution < -0.4 is 0 Å². The van der Waals surface area contributed by atoms with Crippen molar-refractivity contribution >= 4 is 11.8 Å². The molecule has 25 heavy (non-hydrogen) atoms. The summed E-state index contributed by atoms with van der Waals surface area (Å²) < 4.78 is 0. The van der Waals surface area contributed by atoms with Crippen LogP contribution >= 0.6 is 0 Å². The third-order valence-corrected chi connectivity index (χ3v) is 5.10. The van der Waals surface area contributed by atoms with Gasteiger partial charge in [0.1, 0.15) is 5.78 Å². The lowest BCUT2D eigenvalue weighted by molar-refractivity contribution is -0.137. The zero-order chi connectivity index (χ0) is 18.7. The van der Waals surface area contributed by atoms with Gasteiger partial charge in [-0.15, -0.1) is 0 Å². The number of Topliss-reactive ketones (excluding diaryl/α,β-unsaturated/α-hetero) is 1. The van der Waals surface area contributed by atoms with Crippen molar-refractivity contribution in [3.8, 4) is 0 Å². The maximum Gasteiger partial charge on any atom is 0.303 e. The van der Waals surface area contributed by atoms with Gasteiger partial charge in [0.15, 0.2) is 0 Å². The van der Waals surface area contributed by atoms with Crippen LogP contribution in [0.5, 0.6) is 0 Å². The van der Waals surface area contributed by atoms with Crippen LogP contribution in [0.3, 0.4) is 0 Å². The molecule has 0 spiro atoms. The Hall–Kier alpha value is -1.42. The Balaban J connectivity index is 2.36. The van der Waals surface area contributed by atoms with Crippen molar-refractivity contribution in [1.29, 1.82) is 0 Å². The van der Waals surface area contributed by atoms with Crippen LogP contribution in [-0.2, 0) is 9.59 Å². The number of aliphatic hydroxyl groups is 1. The molecule has 0 amide bonds. The third-order valence-electron chi connectivity index (χ3n) is 5.10. The summed E-state index contributed by atoms with van der Waals surface area (Å²) in [5.74, 6) is -0.242. The number of carbonyl (C=O) groups excluding carboxylic acids is 1. The Kier molecular flexibility index (Phi) is 10.4. The molecule has 0 aliphatic heterocycles. The lowest BCUT2D eigenvalue weighted by Crippen LogP contribution is -2.19. The van der Waals surface area contributed by atoms with Gasteiger partial charge in [0.05, 0.1) is 6.10 Å². The molecule has 3 atom stereocenters. The van der Waals surface area contributed by atoms with E-state index in [9.17, 15) is 14.7 Å². The molecular weight excluding hydrogens is 316 g/mol. The van der Waals surface area contributed by atoms with Gasteiger partial charge in [0, 0.05) is 18.8 Å². The quantitative estimate of drug-likeness (QED) is 0.374. The predicted molar refractivity (Wildman–Crippen MR) is 100 cm³/mol. The molecule has 1 aliphatic rings. The van der Waals surface area contributed by atoms with E-state index in [1.54, 1.807) is 0 Å². The summed E-state index contributed by atoms with van der Waals surface area (Å²) in [6.45, 7) is 4.26. The van der Waals surface area contributed by atoms with E-state index in [4.69, 9.17) is 5.11 Å². The van der Waals surface area contributed by atoms with Crippen LogP contribution in [0.1, 0.15) is 78.1 Å². The lowest BCUT2D eigenvalue weighted by atomic mass is 9.89. The number of rotatable bonds is 13. The van der Waals surface area contributed by atoms with Crippen LogP contribution in [0, 0.1) is 11.8 Å². The highest BCUT2D eigenvalue weighted by Crippen LogP contribution is 2.31. The van der Waals surface area contributed by atoms with Crippen molar-refractivity contribution in [1.82, 2.24) is 0 Å². The van der Waals surface area contributed by atoms with Gasteiger partial charge in [-0.05, 0) is 44.4 Å². The van der Waals surface area contributed by atoms with Gasteiger partial charge in [0.25, 0.3) is 0 Å². The molecule has 0 bridgehead atoms. The molecule has 1 unspecified atom stereocenters. The summed E-state index contributed by atoms with van der Waals surface area (Å²) in [7, 11) is 0. The highest BCUT2D eigenvalue weighted by Gasteiger charge is 2.27. The number of ketones is 1. The van der Waals surface area contributed by atoms with E-state index in [0.29, 0.717) is 25.2 Å². The number of hydrogen-bond donors (Lipinski definition) is 2. The van der Waals surface area contributed by atoms with E-state index >= 15 is 0 Å². The zero-order valence-electron chi connectivity index (χ0n) is 15.7. The molecule has 0 heterocycles. The topological polar surface area (TPSA) is 74.6 Å². The standard InChI is InChI=1S/C21H34O4/c1-3-4-9-16(2)19(22)14-12-17-13-15-20(23)18(17)10-7-5-6-8-11-21(24)25/h5,7,13,16,18-19,22H,3-4,6,8-12,14-15H2,1-2H3,(H,24,25)/b7-5-/t16?,18-,19-/m1/s1. The minimum Gasteiger partial charge on any atom is -0.481 e. The maximum atomic E-state index is 12.1. The Morgan fingerprint density at radius 3 is 2.76 bits per heavy atom. The molecule has 1 aliphatic carbocycles. The molecule has 0 aromatic rings. The van der Waals surface area contributed by atoms with Crippen molar-refractivity contribution in [2.24, 2.45) is 11.8 Å². The first-order chi connectivity index (χ1) is 12.0. The van der Waals surface area contributed by atoms with Gasteiger partial charge in [-0.25, -0.2) is 0 Å². The van der Waals surface area contributed by atoms with Crippen LogP contribution in [0.4, 0.5) is 0 Å².